The van der Waals surface area contributed by atoms with Crippen LogP contribution in [0, 0.1) is 11.2 Å². The van der Waals surface area contributed by atoms with Crippen LogP contribution in [-0.4, -0.2) is 62.7 Å². The number of carbonyl (C=O) groups excluding carboxylic acids is 2. The summed E-state index contributed by atoms with van der Waals surface area (Å²) in [5.74, 6) is -1.51. The zero-order chi connectivity index (χ0) is 26.9. The number of amides is 2. The largest absolute Gasteiger partial charge is 0.497 e. The van der Waals surface area contributed by atoms with Crippen molar-refractivity contribution >= 4 is 41.7 Å². The minimum atomic E-state index is -0.795. The number of halogens is 2. The monoisotopic (exact) mass is 527 g/mol. The SMILES string of the molecule is C=N/C(=C\C=C(/C)Cl)NC(=O)c1cc(OC)ccc1NC(=O)c1ccc(C(=N)N2CCOCC2)cc1F. The van der Waals surface area contributed by atoms with Crippen LogP contribution in [0.4, 0.5) is 10.1 Å². The molecule has 1 fully saturated rings. The number of nitrogens with one attached hydrogen (secondary N) is 3. The maximum atomic E-state index is 14.9. The van der Waals surface area contributed by atoms with Gasteiger partial charge in [0.25, 0.3) is 11.8 Å². The Kier molecular flexibility index (Phi) is 9.53. The summed E-state index contributed by atoms with van der Waals surface area (Å²) in [6, 6.07) is 8.42. The Labute approximate surface area is 219 Å². The van der Waals surface area contributed by atoms with Gasteiger partial charge < -0.3 is 25.0 Å². The highest BCUT2D eigenvalue weighted by atomic mass is 35.5. The van der Waals surface area contributed by atoms with Crippen LogP contribution in [-0.2, 0) is 4.74 Å². The third kappa shape index (κ3) is 7.25. The fourth-order valence-electron chi connectivity index (χ4n) is 3.46. The van der Waals surface area contributed by atoms with Crippen molar-refractivity contribution in [1.29, 1.82) is 5.41 Å². The van der Waals surface area contributed by atoms with Gasteiger partial charge in [-0.25, -0.2) is 9.38 Å². The van der Waals surface area contributed by atoms with Crippen LogP contribution in [0.5, 0.6) is 5.75 Å². The predicted molar refractivity (Wildman–Crippen MR) is 141 cm³/mol. The third-order valence-corrected chi connectivity index (χ3v) is 5.54. The molecule has 2 amide bonds. The molecular weight excluding hydrogens is 501 g/mol. The zero-order valence-corrected chi connectivity index (χ0v) is 21.2. The first kappa shape index (κ1) is 27.6. The molecule has 0 radical (unpaired) electrons. The number of methoxy groups -OCH3 is 1. The summed E-state index contributed by atoms with van der Waals surface area (Å²) in [7, 11) is 1.44. The van der Waals surface area contributed by atoms with E-state index in [4.69, 9.17) is 26.5 Å². The molecule has 1 heterocycles. The molecule has 0 unspecified atom stereocenters. The number of carbonyl (C=O) groups is 2. The van der Waals surface area contributed by atoms with E-state index in [-0.39, 0.29) is 28.5 Å². The minimum absolute atomic E-state index is 0.0555. The average molecular weight is 528 g/mol. The highest BCUT2D eigenvalue weighted by molar-refractivity contribution is 6.29. The summed E-state index contributed by atoms with van der Waals surface area (Å²) in [5.41, 5.74) is 0.287. The van der Waals surface area contributed by atoms with Gasteiger partial charge in [-0.05, 0) is 56.1 Å². The van der Waals surface area contributed by atoms with Crippen LogP contribution in [0.1, 0.15) is 33.2 Å². The Morgan fingerprint density at radius 3 is 2.51 bits per heavy atom. The van der Waals surface area contributed by atoms with Gasteiger partial charge in [0.1, 0.15) is 23.2 Å². The highest BCUT2D eigenvalue weighted by Crippen LogP contribution is 2.24. The van der Waals surface area contributed by atoms with Crippen molar-refractivity contribution in [3.63, 3.8) is 0 Å². The number of amidine groups is 1. The van der Waals surface area contributed by atoms with Crippen LogP contribution in [0.25, 0.3) is 0 Å². The van der Waals surface area contributed by atoms with Gasteiger partial charge in [0.2, 0.25) is 0 Å². The molecule has 2 aromatic carbocycles. The molecule has 0 saturated carbocycles. The predicted octanol–water partition coefficient (Wildman–Crippen LogP) is 4.16. The van der Waals surface area contributed by atoms with Crippen LogP contribution >= 0.6 is 11.6 Å². The van der Waals surface area contributed by atoms with Crippen molar-refractivity contribution < 1.29 is 23.5 Å². The molecule has 0 spiro atoms. The zero-order valence-electron chi connectivity index (χ0n) is 20.4. The van der Waals surface area contributed by atoms with E-state index in [1.165, 1.54) is 43.5 Å². The van der Waals surface area contributed by atoms with Crippen molar-refractivity contribution in [3.05, 3.63) is 81.9 Å². The molecule has 0 aliphatic carbocycles. The van der Waals surface area contributed by atoms with Crippen molar-refractivity contribution in [2.45, 2.75) is 6.92 Å². The molecule has 0 atom stereocenters. The quantitative estimate of drug-likeness (QED) is 0.271. The van der Waals surface area contributed by atoms with Crippen LogP contribution in [0.3, 0.4) is 0 Å². The second-order valence-electron chi connectivity index (χ2n) is 7.93. The van der Waals surface area contributed by atoms with Gasteiger partial charge in [-0.3, -0.25) is 15.0 Å². The van der Waals surface area contributed by atoms with E-state index in [9.17, 15) is 14.0 Å². The normalized spacial score (nSPS) is 14.1. The molecule has 194 valence electrons. The van der Waals surface area contributed by atoms with Crippen molar-refractivity contribution in [2.24, 2.45) is 4.99 Å². The van der Waals surface area contributed by atoms with E-state index in [0.29, 0.717) is 42.6 Å². The van der Waals surface area contributed by atoms with Gasteiger partial charge in [0.15, 0.2) is 0 Å². The van der Waals surface area contributed by atoms with Gasteiger partial charge >= 0.3 is 0 Å². The van der Waals surface area contributed by atoms with Gasteiger partial charge in [0, 0.05) is 23.7 Å². The Balaban J connectivity index is 1.83. The summed E-state index contributed by atoms with van der Waals surface area (Å²) < 4.78 is 25.4. The van der Waals surface area contributed by atoms with Crippen LogP contribution in [0.2, 0.25) is 0 Å². The minimum Gasteiger partial charge on any atom is -0.497 e. The van der Waals surface area contributed by atoms with Gasteiger partial charge in [-0.2, -0.15) is 0 Å². The number of morpholine rings is 1. The topological polar surface area (TPSA) is 116 Å². The Morgan fingerprint density at radius 1 is 1.16 bits per heavy atom. The number of benzene rings is 2. The van der Waals surface area contributed by atoms with E-state index >= 15 is 0 Å². The summed E-state index contributed by atoms with van der Waals surface area (Å²) >= 11 is 5.82. The van der Waals surface area contributed by atoms with Crippen molar-refractivity contribution in [1.82, 2.24) is 10.2 Å². The Bertz CT molecular complexity index is 1270. The van der Waals surface area contributed by atoms with Gasteiger partial charge in [-0.1, -0.05) is 17.7 Å². The molecule has 0 aromatic heterocycles. The third-order valence-electron chi connectivity index (χ3n) is 5.42. The summed E-state index contributed by atoms with van der Waals surface area (Å²) in [5, 5.41) is 14.0. The maximum absolute atomic E-state index is 14.9. The number of rotatable bonds is 8. The van der Waals surface area contributed by atoms with Gasteiger partial charge in [0.05, 0.1) is 37.1 Å². The lowest BCUT2D eigenvalue weighted by Crippen LogP contribution is -2.40. The number of anilines is 1. The van der Waals surface area contributed by atoms with E-state index in [1.807, 2.05) is 0 Å². The lowest BCUT2D eigenvalue weighted by molar-refractivity contribution is 0.0680. The summed E-state index contributed by atoms with van der Waals surface area (Å²) in [4.78, 5) is 31.5. The highest BCUT2D eigenvalue weighted by Gasteiger charge is 2.21. The fraction of sp³-hybridized carbons (Fsp3) is 0.231. The summed E-state index contributed by atoms with van der Waals surface area (Å²) in [6.07, 6.45) is 3.00. The standard InChI is InChI=1S/C26H27ClFN5O4/c1-16(27)4-9-23(30-2)32-26(35)20-15-18(36-3)6-8-22(20)31-25(34)19-7-5-17(14-21(19)28)24(29)33-10-12-37-13-11-33/h4-9,14-15,29H,2,10-13H2,1,3H3,(H,31,34)(H,32,35)/b16-4+,23-9+,29-24?. The number of allylic oxidation sites excluding steroid dienone is 3. The molecular formula is C26H27ClFN5O4. The molecule has 0 bridgehead atoms. The lowest BCUT2D eigenvalue weighted by Gasteiger charge is -2.29. The first-order chi connectivity index (χ1) is 17.7. The van der Waals surface area contributed by atoms with Crippen LogP contribution < -0.4 is 15.4 Å². The van der Waals surface area contributed by atoms with Gasteiger partial charge in [-0.15, -0.1) is 0 Å². The second kappa shape index (κ2) is 12.8. The average Bonchev–Trinajstić information content (AvgIpc) is 2.90. The smallest absolute Gasteiger partial charge is 0.259 e. The Morgan fingerprint density at radius 2 is 1.89 bits per heavy atom. The Hall–Kier alpha value is -4.02. The first-order valence-electron chi connectivity index (χ1n) is 11.3. The van der Waals surface area contributed by atoms with E-state index in [0.717, 1.165) is 6.07 Å². The molecule has 2 aromatic rings. The number of aliphatic imine (C=N–C) groups is 1. The lowest BCUT2D eigenvalue weighted by atomic mass is 10.1. The molecule has 37 heavy (non-hydrogen) atoms. The summed E-state index contributed by atoms with van der Waals surface area (Å²) in [6.45, 7) is 7.13. The molecule has 3 rings (SSSR count). The van der Waals surface area contributed by atoms with Crippen LogP contribution in [0.15, 0.2) is 64.4 Å². The number of hydrogen-bond acceptors (Lipinski definition) is 6. The van der Waals surface area contributed by atoms with E-state index in [2.05, 4.69) is 22.3 Å². The van der Waals surface area contributed by atoms with Crippen molar-refractivity contribution in [2.75, 3.05) is 38.7 Å². The van der Waals surface area contributed by atoms with E-state index < -0.39 is 17.6 Å². The molecule has 1 aliphatic rings. The molecule has 9 nitrogen and oxygen atoms in total. The second-order valence-corrected chi connectivity index (χ2v) is 8.52. The molecule has 11 heteroatoms. The first-order valence-corrected chi connectivity index (χ1v) is 11.6. The molecule has 3 N–H and O–H groups in total. The fourth-order valence-corrected chi connectivity index (χ4v) is 3.53. The maximum Gasteiger partial charge on any atom is 0.259 e. The number of ether oxygens (including phenoxy) is 2. The van der Waals surface area contributed by atoms with Crippen molar-refractivity contribution in [3.8, 4) is 5.75 Å². The number of hydrogen-bond donors (Lipinski definition) is 3. The molecule has 1 saturated heterocycles. The van der Waals surface area contributed by atoms with E-state index in [1.54, 1.807) is 17.9 Å². The number of nitrogens with zero attached hydrogens (tertiary/aromatic N) is 2. The molecule has 1 aliphatic heterocycles.